The molecule has 0 aliphatic carbocycles. The van der Waals surface area contributed by atoms with Gasteiger partial charge in [-0.15, -0.1) is 0 Å². The molecule has 10 aromatic rings. The SMILES string of the molecule is c1ccc2cc(-c3nc4ccccn4c3-c3ccc(-c4cc(-c5cnc6ccccc6c5)cc(-c5cnc6ccccc6c5)n4)cc3)ccc2c1. The Morgan fingerprint density at radius 1 is 0.373 bits per heavy atom. The lowest BCUT2D eigenvalue weighted by molar-refractivity contribution is 1.19. The van der Waals surface area contributed by atoms with Crippen LogP contribution in [0.25, 0.3) is 94.4 Å². The van der Waals surface area contributed by atoms with Gasteiger partial charge in [-0.05, 0) is 70.9 Å². The van der Waals surface area contributed by atoms with Crippen LogP contribution in [0.3, 0.4) is 0 Å². The minimum Gasteiger partial charge on any atom is -0.299 e. The Hall–Kier alpha value is -6.98. The summed E-state index contributed by atoms with van der Waals surface area (Å²) in [6, 6.07) is 54.9. The predicted octanol–water partition coefficient (Wildman–Crippen LogP) is 11.3. The highest BCUT2D eigenvalue weighted by Gasteiger charge is 2.17. The molecule has 5 heteroatoms. The zero-order chi connectivity index (χ0) is 33.7. The molecule has 0 amide bonds. The fourth-order valence-electron chi connectivity index (χ4n) is 7.04. The van der Waals surface area contributed by atoms with Crippen LogP contribution in [0.5, 0.6) is 0 Å². The second-order valence-corrected chi connectivity index (χ2v) is 12.8. The van der Waals surface area contributed by atoms with Crippen molar-refractivity contribution in [2.24, 2.45) is 0 Å². The van der Waals surface area contributed by atoms with Crippen molar-refractivity contribution in [3.05, 3.63) is 176 Å². The average molecular weight is 652 g/mol. The summed E-state index contributed by atoms with van der Waals surface area (Å²) in [4.78, 5) is 19.9. The third kappa shape index (κ3) is 5.20. The van der Waals surface area contributed by atoms with E-state index in [1.54, 1.807) is 0 Å². The number of rotatable bonds is 5. The Morgan fingerprint density at radius 2 is 0.941 bits per heavy atom. The average Bonchev–Trinajstić information content (AvgIpc) is 3.60. The molecule has 0 saturated carbocycles. The highest BCUT2D eigenvalue weighted by Crippen LogP contribution is 2.37. The topological polar surface area (TPSA) is 56.0 Å². The van der Waals surface area contributed by atoms with E-state index < -0.39 is 0 Å². The van der Waals surface area contributed by atoms with Gasteiger partial charge in [-0.2, -0.15) is 0 Å². The zero-order valence-corrected chi connectivity index (χ0v) is 27.5. The van der Waals surface area contributed by atoms with Gasteiger partial charge >= 0.3 is 0 Å². The second-order valence-electron chi connectivity index (χ2n) is 12.8. The first-order valence-electron chi connectivity index (χ1n) is 17.0. The number of fused-ring (bicyclic) bond motifs is 4. The van der Waals surface area contributed by atoms with E-state index in [-0.39, 0.29) is 0 Å². The van der Waals surface area contributed by atoms with Crippen LogP contribution in [0, 0.1) is 0 Å². The van der Waals surface area contributed by atoms with Gasteiger partial charge in [0.15, 0.2) is 0 Å². The molecule has 5 nitrogen and oxygen atoms in total. The van der Waals surface area contributed by atoms with E-state index in [4.69, 9.17) is 19.9 Å². The summed E-state index contributed by atoms with van der Waals surface area (Å²) < 4.78 is 2.18. The van der Waals surface area contributed by atoms with Gasteiger partial charge in [0, 0.05) is 57.2 Å². The summed E-state index contributed by atoms with van der Waals surface area (Å²) in [5, 5.41) is 4.58. The molecule has 0 atom stereocenters. The highest BCUT2D eigenvalue weighted by molar-refractivity contribution is 5.91. The first kappa shape index (κ1) is 29.0. The van der Waals surface area contributed by atoms with Crippen molar-refractivity contribution < 1.29 is 0 Å². The van der Waals surface area contributed by atoms with E-state index >= 15 is 0 Å². The molecule has 0 radical (unpaired) electrons. The van der Waals surface area contributed by atoms with Crippen molar-refractivity contribution in [3.8, 4) is 56.2 Å². The van der Waals surface area contributed by atoms with Crippen molar-refractivity contribution in [2.45, 2.75) is 0 Å². The summed E-state index contributed by atoms with van der Waals surface area (Å²) in [5.41, 5.74) is 12.8. The Bertz CT molecular complexity index is 2830. The summed E-state index contributed by atoms with van der Waals surface area (Å²) in [6.07, 6.45) is 5.95. The fraction of sp³-hybridized carbons (Fsp3) is 0. The third-order valence-corrected chi connectivity index (χ3v) is 9.64. The van der Waals surface area contributed by atoms with Crippen molar-refractivity contribution in [1.82, 2.24) is 24.3 Å². The molecule has 0 fully saturated rings. The molecule has 0 aliphatic rings. The normalized spacial score (nSPS) is 11.5. The van der Waals surface area contributed by atoms with Crippen molar-refractivity contribution >= 4 is 38.2 Å². The standard InChI is InChI=1S/C46H29N5/c1-2-10-33-23-36(21-16-30(33)9-1)45-46(51-22-8-7-15-44(51)50-45)32-19-17-31(18-20-32)42-26-37(38-24-34-11-3-5-13-40(34)47-28-38)27-43(49-42)39-25-35-12-4-6-14-41(35)48-29-39/h1-29H. The molecular weight excluding hydrogens is 623 g/mol. The van der Waals surface area contributed by atoms with Crippen molar-refractivity contribution in [1.29, 1.82) is 0 Å². The van der Waals surface area contributed by atoms with Crippen molar-refractivity contribution in [3.63, 3.8) is 0 Å². The molecule has 0 bridgehead atoms. The van der Waals surface area contributed by atoms with E-state index in [0.717, 1.165) is 83.6 Å². The molecule has 10 rings (SSSR count). The molecule has 5 aromatic heterocycles. The van der Waals surface area contributed by atoms with E-state index in [9.17, 15) is 0 Å². The van der Waals surface area contributed by atoms with E-state index in [1.807, 2.05) is 48.8 Å². The maximum Gasteiger partial charge on any atom is 0.137 e. The fourth-order valence-corrected chi connectivity index (χ4v) is 7.04. The molecule has 0 unspecified atom stereocenters. The zero-order valence-electron chi connectivity index (χ0n) is 27.5. The maximum absolute atomic E-state index is 5.23. The summed E-state index contributed by atoms with van der Waals surface area (Å²) in [5.74, 6) is 0. The van der Waals surface area contributed by atoms with Crippen LogP contribution in [-0.2, 0) is 0 Å². The number of hydrogen-bond donors (Lipinski definition) is 0. The number of pyridine rings is 4. The van der Waals surface area contributed by atoms with Gasteiger partial charge in [0.2, 0.25) is 0 Å². The Morgan fingerprint density at radius 3 is 1.71 bits per heavy atom. The minimum absolute atomic E-state index is 0.860. The molecule has 0 spiro atoms. The highest BCUT2D eigenvalue weighted by atomic mass is 15.0. The van der Waals surface area contributed by atoms with Gasteiger partial charge in [0.05, 0.1) is 33.8 Å². The van der Waals surface area contributed by atoms with Crippen molar-refractivity contribution in [2.75, 3.05) is 0 Å². The van der Waals surface area contributed by atoms with Gasteiger partial charge in [-0.3, -0.25) is 14.4 Å². The van der Waals surface area contributed by atoms with E-state index in [0.29, 0.717) is 0 Å². The van der Waals surface area contributed by atoms with Crippen LogP contribution < -0.4 is 0 Å². The number of imidazole rings is 1. The van der Waals surface area contributed by atoms with Crippen LogP contribution in [0.4, 0.5) is 0 Å². The van der Waals surface area contributed by atoms with Gasteiger partial charge in [-0.25, -0.2) is 9.97 Å². The maximum atomic E-state index is 5.23. The molecule has 5 aromatic carbocycles. The number of hydrogen-bond acceptors (Lipinski definition) is 4. The molecule has 0 N–H and O–H groups in total. The van der Waals surface area contributed by atoms with Crippen LogP contribution in [0.15, 0.2) is 176 Å². The molecular formula is C46H29N5. The smallest absolute Gasteiger partial charge is 0.137 e. The molecule has 0 aliphatic heterocycles. The van der Waals surface area contributed by atoms with E-state index in [1.165, 1.54) is 10.8 Å². The van der Waals surface area contributed by atoms with Gasteiger partial charge in [-0.1, -0.05) is 103 Å². The molecule has 51 heavy (non-hydrogen) atoms. The number of benzene rings is 5. The summed E-state index contributed by atoms with van der Waals surface area (Å²) >= 11 is 0. The van der Waals surface area contributed by atoms with Gasteiger partial charge in [0.25, 0.3) is 0 Å². The largest absolute Gasteiger partial charge is 0.299 e. The molecule has 0 saturated heterocycles. The number of para-hydroxylation sites is 2. The predicted molar refractivity (Wildman–Crippen MR) is 208 cm³/mol. The third-order valence-electron chi connectivity index (χ3n) is 9.64. The summed E-state index contributed by atoms with van der Waals surface area (Å²) in [6.45, 7) is 0. The monoisotopic (exact) mass is 651 g/mol. The first-order valence-corrected chi connectivity index (χ1v) is 17.0. The van der Waals surface area contributed by atoms with Crippen LogP contribution in [0.2, 0.25) is 0 Å². The van der Waals surface area contributed by atoms with Crippen LogP contribution in [0.1, 0.15) is 0 Å². The molecule has 238 valence electrons. The molecule has 5 heterocycles. The van der Waals surface area contributed by atoms with Gasteiger partial charge in [0.1, 0.15) is 5.65 Å². The number of aromatic nitrogens is 5. The van der Waals surface area contributed by atoms with Crippen LogP contribution in [-0.4, -0.2) is 24.3 Å². The Labute approximate surface area is 294 Å². The number of nitrogens with zero attached hydrogens (tertiary/aromatic N) is 5. The Balaban J connectivity index is 1.11. The minimum atomic E-state index is 0.860. The van der Waals surface area contributed by atoms with Crippen LogP contribution >= 0.6 is 0 Å². The Kier molecular flexibility index (Phi) is 6.74. The lowest BCUT2D eigenvalue weighted by Crippen LogP contribution is -1.93. The summed E-state index contributed by atoms with van der Waals surface area (Å²) in [7, 11) is 0. The quantitative estimate of drug-likeness (QED) is 0.186. The van der Waals surface area contributed by atoms with E-state index in [2.05, 4.69) is 132 Å². The van der Waals surface area contributed by atoms with Gasteiger partial charge < -0.3 is 0 Å². The lowest BCUT2D eigenvalue weighted by atomic mass is 9.98. The lowest BCUT2D eigenvalue weighted by Gasteiger charge is -2.12. The first-order chi connectivity index (χ1) is 25.2. The second kappa shape index (κ2) is 11.9.